The van der Waals surface area contributed by atoms with E-state index >= 15 is 0 Å². The fourth-order valence-corrected chi connectivity index (χ4v) is 5.35. The first-order chi connectivity index (χ1) is 19.5. The molecule has 1 aliphatic rings. The Balaban J connectivity index is 1.56. The van der Waals surface area contributed by atoms with E-state index in [2.05, 4.69) is 10.6 Å². The molecule has 41 heavy (non-hydrogen) atoms. The van der Waals surface area contributed by atoms with Crippen LogP contribution in [0.3, 0.4) is 0 Å². The predicted octanol–water partition coefficient (Wildman–Crippen LogP) is 3.96. The third-order valence-corrected chi connectivity index (χ3v) is 7.38. The van der Waals surface area contributed by atoms with Gasteiger partial charge in [-0.3, -0.25) is 4.79 Å². The summed E-state index contributed by atoms with van der Waals surface area (Å²) < 4.78 is 5.47. The van der Waals surface area contributed by atoms with Gasteiger partial charge in [-0.05, 0) is 62.3 Å². The molecular formula is C33H41N3O5. The number of alkyl carbamates (subject to hydrolysis) is 1. The van der Waals surface area contributed by atoms with Gasteiger partial charge in [-0.15, -0.1) is 0 Å². The van der Waals surface area contributed by atoms with E-state index in [0.29, 0.717) is 12.8 Å². The zero-order chi connectivity index (χ0) is 29.6. The molecular weight excluding hydrogens is 518 g/mol. The van der Waals surface area contributed by atoms with Crippen molar-refractivity contribution in [3.8, 4) is 0 Å². The van der Waals surface area contributed by atoms with Gasteiger partial charge >= 0.3 is 6.09 Å². The second kappa shape index (κ2) is 13.3. The van der Waals surface area contributed by atoms with Crippen LogP contribution in [0.2, 0.25) is 0 Å². The highest BCUT2D eigenvalue weighted by atomic mass is 16.6. The van der Waals surface area contributed by atoms with Crippen LogP contribution in [0.1, 0.15) is 61.5 Å². The highest BCUT2D eigenvalue weighted by Gasteiger charge is 2.39. The molecule has 0 unspecified atom stereocenters. The van der Waals surface area contributed by atoms with Crippen molar-refractivity contribution in [3.63, 3.8) is 0 Å². The number of hydrogen-bond donors (Lipinski definition) is 5. The Bertz CT molecular complexity index is 1290. The SMILES string of the molecule is CC(C)(C)OC(=O)N[C@@H](Cc1ccccc1)[C@@H](O)C[C@@H](Cc1ccccc1)C(=O)N[C@H]1c2ccccc2[C@@H](N)[C@H]1O. The Kier molecular flexibility index (Phi) is 9.81. The molecule has 3 aromatic rings. The number of hydrogen-bond acceptors (Lipinski definition) is 6. The van der Waals surface area contributed by atoms with Gasteiger partial charge < -0.3 is 31.3 Å². The van der Waals surface area contributed by atoms with Crippen LogP contribution in [0.5, 0.6) is 0 Å². The van der Waals surface area contributed by atoms with Crippen LogP contribution in [0.15, 0.2) is 84.9 Å². The highest BCUT2D eigenvalue weighted by molar-refractivity contribution is 5.80. The van der Waals surface area contributed by atoms with E-state index < -0.39 is 47.9 Å². The zero-order valence-electron chi connectivity index (χ0n) is 23.9. The average Bonchev–Trinajstić information content (AvgIpc) is 3.17. The molecule has 6 atom stereocenters. The number of aliphatic hydroxyl groups is 2. The first-order valence-corrected chi connectivity index (χ1v) is 14.1. The van der Waals surface area contributed by atoms with E-state index in [4.69, 9.17) is 10.5 Å². The Hall–Kier alpha value is -3.72. The Morgan fingerprint density at radius 2 is 1.41 bits per heavy atom. The van der Waals surface area contributed by atoms with Gasteiger partial charge in [0.05, 0.1) is 30.3 Å². The standard InChI is InChI=1S/C33H41N3O5/c1-33(2,3)41-32(40)35-26(19-22-14-8-5-9-15-22)27(37)20-23(18-21-12-6-4-7-13-21)31(39)36-29-25-17-11-10-16-24(25)28(34)30(29)38/h4-17,23,26-30,37-38H,18-20,34H2,1-3H3,(H,35,40)(H,36,39)/t23-,26+,27+,28-,29+,30-/m1/s1. The number of nitrogens with two attached hydrogens (primary N) is 1. The number of carbonyl (C=O) groups excluding carboxylic acids is 2. The minimum absolute atomic E-state index is 0.0739. The summed E-state index contributed by atoms with van der Waals surface area (Å²) in [6.07, 6.45) is -1.88. The summed E-state index contributed by atoms with van der Waals surface area (Å²) in [5, 5.41) is 28.2. The summed E-state index contributed by atoms with van der Waals surface area (Å²) in [4.78, 5) is 26.5. The number of amides is 2. The van der Waals surface area contributed by atoms with Crippen molar-refractivity contribution in [1.29, 1.82) is 0 Å². The summed E-state index contributed by atoms with van der Waals surface area (Å²) >= 11 is 0. The summed E-state index contributed by atoms with van der Waals surface area (Å²) in [5.74, 6) is -0.959. The average molecular weight is 560 g/mol. The molecule has 0 radical (unpaired) electrons. The Labute approximate surface area is 241 Å². The fraction of sp³-hybridized carbons (Fsp3) is 0.394. The predicted molar refractivity (Wildman–Crippen MR) is 158 cm³/mol. The van der Waals surface area contributed by atoms with Crippen molar-refractivity contribution < 1.29 is 24.5 Å². The van der Waals surface area contributed by atoms with E-state index in [0.717, 1.165) is 22.3 Å². The van der Waals surface area contributed by atoms with E-state index in [-0.39, 0.29) is 12.3 Å². The maximum absolute atomic E-state index is 13.8. The molecule has 1 aliphatic carbocycles. The van der Waals surface area contributed by atoms with E-state index in [1.54, 1.807) is 20.8 Å². The van der Waals surface area contributed by atoms with Crippen LogP contribution in [0, 0.1) is 5.92 Å². The Morgan fingerprint density at radius 3 is 2.00 bits per heavy atom. The monoisotopic (exact) mass is 559 g/mol. The number of carbonyl (C=O) groups is 2. The molecule has 0 heterocycles. The molecule has 8 nitrogen and oxygen atoms in total. The minimum atomic E-state index is -1.06. The normalized spacial score (nSPS) is 20.4. The van der Waals surface area contributed by atoms with Crippen molar-refractivity contribution in [2.45, 2.75) is 76.0 Å². The Morgan fingerprint density at radius 1 is 0.878 bits per heavy atom. The molecule has 4 rings (SSSR count). The topological polar surface area (TPSA) is 134 Å². The van der Waals surface area contributed by atoms with E-state index in [1.165, 1.54) is 0 Å². The summed E-state index contributed by atoms with van der Waals surface area (Å²) in [6.45, 7) is 5.32. The molecule has 0 bridgehead atoms. The van der Waals surface area contributed by atoms with Crippen molar-refractivity contribution in [2.24, 2.45) is 11.7 Å². The van der Waals surface area contributed by atoms with Gasteiger partial charge in [-0.2, -0.15) is 0 Å². The quantitative estimate of drug-likeness (QED) is 0.255. The third-order valence-electron chi connectivity index (χ3n) is 7.38. The maximum atomic E-state index is 13.8. The zero-order valence-corrected chi connectivity index (χ0v) is 23.9. The van der Waals surface area contributed by atoms with Gasteiger partial charge in [-0.1, -0.05) is 84.9 Å². The molecule has 0 saturated heterocycles. The largest absolute Gasteiger partial charge is 0.444 e. The molecule has 8 heteroatoms. The number of fused-ring (bicyclic) bond motifs is 1. The smallest absolute Gasteiger partial charge is 0.407 e. The van der Waals surface area contributed by atoms with Crippen LogP contribution in [0.25, 0.3) is 0 Å². The molecule has 0 saturated carbocycles. The van der Waals surface area contributed by atoms with Crippen molar-refractivity contribution >= 4 is 12.0 Å². The lowest BCUT2D eigenvalue weighted by atomic mass is 9.88. The second-order valence-corrected chi connectivity index (χ2v) is 11.8. The van der Waals surface area contributed by atoms with Crippen LogP contribution >= 0.6 is 0 Å². The van der Waals surface area contributed by atoms with Gasteiger partial charge in [-0.25, -0.2) is 4.79 Å². The van der Waals surface area contributed by atoms with Crippen molar-refractivity contribution in [3.05, 3.63) is 107 Å². The van der Waals surface area contributed by atoms with Crippen molar-refractivity contribution in [2.75, 3.05) is 0 Å². The number of aliphatic hydroxyl groups excluding tert-OH is 2. The number of ether oxygens (including phenoxy) is 1. The lowest BCUT2D eigenvalue weighted by Gasteiger charge is -2.30. The molecule has 218 valence electrons. The second-order valence-electron chi connectivity index (χ2n) is 11.8. The summed E-state index contributed by atoms with van der Waals surface area (Å²) in [6, 6.07) is 24.6. The molecule has 6 N–H and O–H groups in total. The highest BCUT2D eigenvalue weighted by Crippen LogP contribution is 2.37. The van der Waals surface area contributed by atoms with Crippen LogP contribution in [-0.4, -0.2) is 46.1 Å². The van der Waals surface area contributed by atoms with Crippen LogP contribution < -0.4 is 16.4 Å². The van der Waals surface area contributed by atoms with Gasteiger partial charge in [0, 0.05) is 5.92 Å². The van der Waals surface area contributed by atoms with Gasteiger partial charge in [0.2, 0.25) is 5.91 Å². The lowest BCUT2D eigenvalue weighted by Crippen LogP contribution is -2.48. The molecule has 3 aromatic carbocycles. The lowest BCUT2D eigenvalue weighted by molar-refractivity contribution is -0.127. The third kappa shape index (κ3) is 8.16. The molecule has 0 aromatic heterocycles. The van der Waals surface area contributed by atoms with Gasteiger partial charge in [0.25, 0.3) is 0 Å². The first-order valence-electron chi connectivity index (χ1n) is 14.1. The van der Waals surface area contributed by atoms with Crippen LogP contribution in [-0.2, 0) is 22.4 Å². The van der Waals surface area contributed by atoms with E-state index in [1.807, 2.05) is 84.9 Å². The first kappa shape index (κ1) is 30.2. The molecule has 2 amide bonds. The van der Waals surface area contributed by atoms with Crippen molar-refractivity contribution in [1.82, 2.24) is 10.6 Å². The minimum Gasteiger partial charge on any atom is -0.444 e. The van der Waals surface area contributed by atoms with E-state index in [9.17, 15) is 19.8 Å². The maximum Gasteiger partial charge on any atom is 0.407 e. The number of nitrogens with one attached hydrogen (secondary N) is 2. The molecule has 0 spiro atoms. The van der Waals surface area contributed by atoms with Gasteiger partial charge in [0.15, 0.2) is 0 Å². The summed E-state index contributed by atoms with van der Waals surface area (Å²) in [7, 11) is 0. The molecule has 0 fully saturated rings. The number of rotatable bonds is 10. The fourth-order valence-electron chi connectivity index (χ4n) is 5.35. The number of benzene rings is 3. The van der Waals surface area contributed by atoms with Gasteiger partial charge in [0.1, 0.15) is 5.60 Å². The summed E-state index contributed by atoms with van der Waals surface area (Å²) in [5.41, 5.74) is 8.99. The van der Waals surface area contributed by atoms with Crippen LogP contribution in [0.4, 0.5) is 4.79 Å². The molecule has 0 aliphatic heterocycles.